The Morgan fingerprint density at radius 1 is 1.24 bits per heavy atom. The van der Waals surface area contributed by atoms with Gasteiger partial charge in [0.25, 0.3) is 5.91 Å². The number of amides is 2. The average Bonchev–Trinajstić information content (AvgIpc) is 2.58. The van der Waals surface area contributed by atoms with Crippen molar-refractivity contribution < 1.29 is 23.1 Å². The van der Waals surface area contributed by atoms with Crippen molar-refractivity contribution >= 4 is 23.4 Å². The third-order valence-corrected chi connectivity index (χ3v) is 4.72. The quantitative estimate of drug-likeness (QED) is 0.695. The molecule has 0 aromatic heterocycles. The maximum absolute atomic E-state index is 12.4. The Hall–Kier alpha value is -1.93. The molecule has 2 rings (SSSR count). The molecule has 1 aliphatic heterocycles. The summed E-state index contributed by atoms with van der Waals surface area (Å²) in [7, 11) is 0. The van der Waals surface area contributed by atoms with E-state index in [0.29, 0.717) is 13.1 Å². The maximum atomic E-state index is 12.4. The first-order valence-electron chi connectivity index (χ1n) is 9.59. The van der Waals surface area contributed by atoms with Crippen LogP contribution in [0.4, 0.5) is 8.78 Å². The minimum atomic E-state index is -2.99. The molecule has 1 aromatic carbocycles. The maximum Gasteiger partial charge on any atom is 0.387 e. The second-order valence-electron chi connectivity index (χ2n) is 8.28. The number of hydrogen-bond acceptors (Lipinski definition) is 4. The van der Waals surface area contributed by atoms with Crippen LogP contribution in [0.25, 0.3) is 0 Å². The number of hydrogen-bond donors (Lipinski definition) is 2. The summed E-state index contributed by atoms with van der Waals surface area (Å²) in [5.41, 5.74) is -0.0790. The zero-order valence-corrected chi connectivity index (χ0v) is 17.7. The van der Waals surface area contributed by atoms with Crippen molar-refractivity contribution in [1.29, 1.82) is 0 Å². The number of carbonyl (C=O) groups is 2. The lowest BCUT2D eigenvalue weighted by Crippen LogP contribution is -2.48. The van der Waals surface area contributed by atoms with Crippen molar-refractivity contribution in [2.45, 2.75) is 45.8 Å². The largest absolute Gasteiger partial charge is 0.435 e. The van der Waals surface area contributed by atoms with E-state index in [9.17, 15) is 18.4 Å². The molecular formula is C20H28ClF2N3O3. The predicted octanol–water partition coefficient (Wildman–Crippen LogP) is 3.30. The van der Waals surface area contributed by atoms with Crippen molar-refractivity contribution in [2.24, 2.45) is 5.92 Å². The number of carbonyl (C=O) groups excluding carboxylic acids is 2. The fourth-order valence-corrected chi connectivity index (χ4v) is 3.44. The highest BCUT2D eigenvalue weighted by atomic mass is 35.5. The molecule has 6 nitrogen and oxygen atoms in total. The van der Waals surface area contributed by atoms with Gasteiger partial charge in [-0.2, -0.15) is 8.78 Å². The number of nitrogens with one attached hydrogen (secondary N) is 2. The van der Waals surface area contributed by atoms with Crippen molar-refractivity contribution in [2.75, 3.05) is 26.2 Å². The SMILES string of the molecule is CC(C)(C)NC(=O)CN1CCC(CNC(=O)c2cc(Cl)cc(OC(F)F)c2)CC1. The Morgan fingerprint density at radius 3 is 2.48 bits per heavy atom. The fraction of sp³-hybridized carbons (Fsp3) is 0.600. The van der Waals surface area contributed by atoms with E-state index in [2.05, 4.69) is 20.3 Å². The smallest absolute Gasteiger partial charge is 0.387 e. The molecule has 0 aliphatic carbocycles. The Kier molecular flexibility index (Phi) is 8.22. The summed E-state index contributed by atoms with van der Waals surface area (Å²) in [6, 6.07) is 3.88. The Morgan fingerprint density at radius 2 is 1.90 bits per heavy atom. The summed E-state index contributed by atoms with van der Waals surface area (Å²) in [4.78, 5) is 26.5. The first-order valence-corrected chi connectivity index (χ1v) is 9.96. The summed E-state index contributed by atoms with van der Waals surface area (Å²) in [6.45, 7) is 5.25. The molecule has 29 heavy (non-hydrogen) atoms. The van der Waals surface area contributed by atoms with E-state index in [-0.39, 0.29) is 33.7 Å². The number of likely N-dealkylation sites (tertiary alicyclic amines) is 1. The van der Waals surface area contributed by atoms with Gasteiger partial charge < -0.3 is 15.4 Å². The summed E-state index contributed by atoms with van der Waals surface area (Å²) in [5, 5.41) is 5.92. The number of alkyl halides is 2. The van der Waals surface area contributed by atoms with E-state index in [0.717, 1.165) is 25.9 Å². The highest BCUT2D eigenvalue weighted by Crippen LogP contribution is 2.23. The molecule has 162 valence electrons. The topological polar surface area (TPSA) is 70.7 Å². The lowest BCUT2D eigenvalue weighted by Gasteiger charge is -2.32. The molecule has 2 amide bonds. The van der Waals surface area contributed by atoms with Gasteiger partial charge in [-0.3, -0.25) is 14.5 Å². The molecule has 0 spiro atoms. The number of ether oxygens (including phenoxy) is 1. The van der Waals surface area contributed by atoms with Gasteiger partial charge in [0.05, 0.1) is 6.54 Å². The number of nitrogens with zero attached hydrogens (tertiary/aromatic N) is 1. The van der Waals surface area contributed by atoms with Crippen molar-refractivity contribution in [3.8, 4) is 5.75 Å². The van der Waals surface area contributed by atoms with Crippen LogP contribution in [0.1, 0.15) is 44.0 Å². The van der Waals surface area contributed by atoms with E-state index in [1.54, 1.807) is 0 Å². The fourth-order valence-electron chi connectivity index (χ4n) is 3.21. The molecule has 1 fully saturated rings. The van der Waals surface area contributed by atoms with Gasteiger partial charge in [0.2, 0.25) is 5.91 Å². The van der Waals surface area contributed by atoms with Gasteiger partial charge in [-0.1, -0.05) is 11.6 Å². The summed E-state index contributed by atoms with van der Waals surface area (Å²) in [5.74, 6) is -0.248. The van der Waals surface area contributed by atoms with E-state index in [4.69, 9.17) is 11.6 Å². The van der Waals surface area contributed by atoms with Crippen molar-refractivity contribution in [3.63, 3.8) is 0 Å². The molecule has 0 saturated carbocycles. The Balaban J connectivity index is 1.78. The molecule has 0 bridgehead atoms. The number of piperidine rings is 1. The molecule has 0 atom stereocenters. The minimum Gasteiger partial charge on any atom is -0.435 e. The monoisotopic (exact) mass is 431 g/mol. The molecule has 1 saturated heterocycles. The van der Waals surface area contributed by atoms with Crippen LogP contribution in [0.3, 0.4) is 0 Å². The lowest BCUT2D eigenvalue weighted by atomic mass is 9.96. The predicted molar refractivity (Wildman–Crippen MR) is 107 cm³/mol. The van der Waals surface area contributed by atoms with Gasteiger partial charge in [-0.05, 0) is 70.8 Å². The Labute approximate surface area is 174 Å². The van der Waals surface area contributed by atoms with Gasteiger partial charge in [-0.15, -0.1) is 0 Å². The van der Waals surface area contributed by atoms with E-state index >= 15 is 0 Å². The lowest BCUT2D eigenvalue weighted by molar-refractivity contribution is -0.124. The normalized spacial score (nSPS) is 16.0. The van der Waals surface area contributed by atoms with Crippen LogP contribution in [0.15, 0.2) is 18.2 Å². The van der Waals surface area contributed by atoms with Crippen LogP contribution in [-0.2, 0) is 4.79 Å². The van der Waals surface area contributed by atoms with E-state index in [1.807, 2.05) is 20.8 Å². The molecule has 0 radical (unpaired) electrons. The number of rotatable bonds is 7. The van der Waals surface area contributed by atoms with Gasteiger partial charge in [0, 0.05) is 22.7 Å². The molecule has 0 unspecified atom stereocenters. The van der Waals surface area contributed by atoms with E-state index < -0.39 is 12.5 Å². The zero-order valence-electron chi connectivity index (χ0n) is 16.9. The second kappa shape index (κ2) is 10.2. The molecular weight excluding hydrogens is 404 g/mol. The third-order valence-electron chi connectivity index (χ3n) is 4.50. The van der Waals surface area contributed by atoms with Gasteiger partial charge in [0.15, 0.2) is 0 Å². The van der Waals surface area contributed by atoms with Crippen LogP contribution in [0.5, 0.6) is 5.75 Å². The van der Waals surface area contributed by atoms with E-state index in [1.165, 1.54) is 18.2 Å². The summed E-state index contributed by atoms with van der Waals surface area (Å²) in [6.07, 6.45) is 1.72. The first kappa shape index (κ1) is 23.3. The van der Waals surface area contributed by atoms with Gasteiger partial charge >= 0.3 is 6.61 Å². The Bertz CT molecular complexity index is 717. The summed E-state index contributed by atoms with van der Waals surface area (Å²) >= 11 is 5.88. The van der Waals surface area contributed by atoms with Crippen molar-refractivity contribution in [1.82, 2.24) is 15.5 Å². The summed E-state index contributed by atoms with van der Waals surface area (Å²) < 4.78 is 29.1. The highest BCUT2D eigenvalue weighted by Gasteiger charge is 2.23. The number of halogens is 3. The second-order valence-corrected chi connectivity index (χ2v) is 8.72. The highest BCUT2D eigenvalue weighted by molar-refractivity contribution is 6.31. The standard InChI is InChI=1S/C20H28ClF2N3O3/c1-20(2,3)25-17(27)12-26-6-4-13(5-7-26)11-24-18(28)14-8-15(21)10-16(9-14)29-19(22)23/h8-10,13,19H,4-7,11-12H2,1-3H3,(H,24,28)(H,25,27). The minimum absolute atomic E-state index is 0.00651. The zero-order chi connectivity index (χ0) is 21.6. The van der Waals surface area contributed by atoms with Gasteiger partial charge in [-0.25, -0.2) is 0 Å². The van der Waals surface area contributed by atoms with Crippen LogP contribution in [-0.4, -0.2) is 55.0 Å². The number of benzene rings is 1. The van der Waals surface area contributed by atoms with Crippen LogP contribution < -0.4 is 15.4 Å². The average molecular weight is 432 g/mol. The van der Waals surface area contributed by atoms with Crippen LogP contribution in [0.2, 0.25) is 5.02 Å². The molecule has 9 heteroatoms. The van der Waals surface area contributed by atoms with Crippen LogP contribution in [0, 0.1) is 5.92 Å². The molecule has 1 aromatic rings. The molecule has 2 N–H and O–H groups in total. The van der Waals surface area contributed by atoms with Gasteiger partial charge in [0.1, 0.15) is 5.75 Å². The van der Waals surface area contributed by atoms with Crippen molar-refractivity contribution in [3.05, 3.63) is 28.8 Å². The first-order chi connectivity index (χ1) is 13.5. The molecule has 1 heterocycles. The third kappa shape index (κ3) is 8.53. The van der Waals surface area contributed by atoms with Crippen LogP contribution >= 0.6 is 11.6 Å². The molecule has 1 aliphatic rings.